The van der Waals surface area contributed by atoms with E-state index in [0.717, 1.165) is 30.2 Å². The minimum atomic E-state index is -0.128. The van der Waals surface area contributed by atoms with E-state index in [4.69, 9.17) is 11.6 Å². The minimum absolute atomic E-state index is 0.128. The zero-order chi connectivity index (χ0) is 18.7. The topological polar surface area (TPSA) is 64.6 Å². The van der Waals surface area contributed by atoms with Gasteiger partial charge in [0.1, 0.15) is 0 Å². The SMILES string of the molecule is Cc1ccc(NC(=O)N2CCN(c3cnnc(N(C)C)c3)CC2)c(Cl)c1. The molecule has 0 spiro atoms. The van der Waals surface area contributed by atoms with E-state index in [0.29, 0.717) is 23.8 Å². The summed E-state index contributed by atoms with van der Waals surface area (Å²) in [7, 11) is 3.87. The van der Waals surface area contributed by atoms with Crippen molar-refractivity contribution in [3.05, 3.63) is 41.0 Å². The van der Waals surface area contributed by atoms with Crippen LogP contribution in [0.25, 0.3) is 0 Å². The van der Waals surface area contributed by atoms with E-state index in [1.165, 1.54) is 0 Å². The molecule has 1 aromatic carbocycles. The molecule has 1 fully saturated rings. The quantitative estimate of drug-likeness (QED) is 0.894. The molecule has 138 valence electrons. The summed E-state index contributed by atoms with van der Waals surface area (Å²) in [6.45, 7) is 4.72. The van der Waals surface area contributed by atoms with E-state index in [-0.39, 0.29) is 6.03 Å². The Morgan fingerprint density at radius 1 is 1.19 bits per heavy atom. The van der Waals surface area contributed by atoms with Crippen molar-refractivity contribution in [2.45, 2.75) is 6.92 Å². The highest BCUT2D eigenvalue weighted by Gasteiger charge is 2.22. The molecule has 0 radical (unpaired) electrons. The van der Waals surface area contributed by atoms with E-state index in [2.05, 4.69) is 20.4 Å². The lowest BCUT2D eigenvalue weighted by Crippen LogP contribution is -2.50. The molecule has 26 heavy (non-hydrogen) atoms. The predicted octanol–water partition coefficient (Wildman–Crippen LogP) is 2.86. The maximum Gasteiger partial charge on any atom is 0.322 e. The Morgan fingerprint density at radius 3 is 2.58 bits per heavy atom. The van der Waals surface area contributed by atoms with Gasteiger partial charge in [-0.05, 0) is 24.6 Å². The average Bonchev–Trinajstić information content (AvgIpc) is 2.64. The van der Waals surface area contributed by atoms with Gasteiger partial charge in [0.15, 0.2) is 5.82 Å². The predicted molar refractivity (Wildman–Crippen MR) is 105 cm³/mol. The summed E-state index contributed by atoms with van der Waals surface area (Å²) in [5.41, 5.74) is 2.72. The van der Waals surface area contributed by atoms with Crippen LogP contribution in [0.5, 0.6) is 0 Å². The fourth-order valence-corrected chi connectivity index (χ4v) is 3.10. The second-order valence-corrected chi connectivity index (χ2v) is 6.96. The maximum atomic E-state index is 12.5. The average molecular weight is 375 g/mol. The zero-order valence-corrected chi connectivity index (χ0v) is 16.0. The molecule has 2 amide bonds. The summed E-state index contributed by atoms with van der Waals surface area (Å²) < 4.78 is 0. The second kappa shape index (κ2) is 7.78. The van der Waals surface area contributed by atoms with Crippen LogP contribution >= 0.6 is 11.6 Å². The Balaban J connectivity index is 1.59. The number of halogens is 1. The minimum Gasteiger partial charge on any atom is -0.367 e. The monoisotopic (exact) mass is 374 g/mol. The van der Waals surface area contributed by atoms with Crippen LogP contribution in [0.4, 0.5) is 22.0 Å². The number of urea groups is 1. The van der Waals surface area contributed by atoms with Gasteiger partial charge in [0, 0.05) is 46.3 Å². The van der Waals surface area contributed by atoms with Crippen LogP contribution in [0.2, 0.25) is 5.02 Å². The van der Waals surface area contributed by atoms with Crippen molar-refractivity contribution >= 4 is 34.8 Å². The molecule has 1 saturated heterocycles. The standard InChI is InChI=1S/C18H23ClN6O/c1-13-4-5-16(15(19)10-13)21-18(26)25-8-6-24(7-9-25)14-11-17(23(2)3)22-20-12-14/h4-5,10-12H,6-9H2,1-3H3,(H,21,26). The number of carbonyl (C=O) groups is 1. The first-order chi connectivity index (χ1) is 12.4. The molecule has 1 aliphatic heterocycles. The van der Waals surface area contributed by atoms with Gasteiger partial charge in [-0.25, -0.2) is 4.79 Å². The number of nitrogens with one attached hydrogen (secondary N) is 1. The summed E-state index contributed by atoms with van der Waals surface area (Å²) in [5.74, 6) is 0.816. The smallest absolute Gasteiger partial charge is 0.322 e. The third-order valence-electron chi connectivity index (χ3n) is 4.38. The molecule has 8 heteroatoms. The molecule has 0 unspecified atom stereocenters. The lowest BCUT2D eigenvalue weighted by Gasteiger charge is -2.36. The van der Waals surface area contributed by atoms with Gasteiger partial charge in [-0.2, -0.15) is 5.10 Å². The van der Waals surface area contributed by atoms with Crippen molar-refractivity contribution in [3.63, 3.8) is 0 Å². The molecule has 1 aromatic heterocycles. The molecule has 1 N–H and O–H groups in total. The van der Waals surface area contributed by atoms with Crippen molar-refractivity contribution < 1.29 is 4.79 Å². The number of nitrogens with zero attached hydrogens (tertiary/aromatic N) is 5. The first-order valence-corrected chi connectivity index (χ1v) is 8.89. The number of hydrogen-bond donors (Lipinski definition) is 1. The molecule has 7 nitrogen and oxygen atoms in total. The summed E-state index contributed by atoms with van der Waals surface area (Å²) >= 11 is 6.20. The summed E-state index contributed by atoms with van der Waals surface area (Å²) in [4.78, 5) is 18.4. The van der Waals surface area contributed by atoms with E-state index in [1.54, 1.807) is 11.1 Å². The van der Waals surface area contributed by atoms with Crippen molar-refractivity contribution in [3.8, 4) is 0 Å². The molecule has 3 rings (SSSR count). The lowest BCUT2D eigenvalue weighted by molar-refractivity contribution is 0.208. The number of aromatic nitrogens is 2. The molecular formula is C18H23ClN6O. The van der Waals surface area contributed by atoms with Gasteiger partial charge in [0.25, 0.3) is 0 Å². The van der Waals surface area contributed by atoms with Crippen LogP contribution in [0.15, 0.2) is 30.5 Å². The Hall–Kier alpha value is -2.54. The van der Waals surface area contributed by atoms with Gasteiger partial charge in [-0.1, -0.05) is 17.7 Å². The number of aryl methyl sites for hydroxylation is 1. The van der Waals surface area contributed by atoms with Gasteiger partial charge in [-0.15, -0.1) is 5.10 Å². The number of benzene rings is 1. The molecule has 1 aliphatic rings. The number of rotatable bonds is 3. The van der Waals surface area contributed by atoms with E-state index >= 15 is 0 Å². The van der Waals surface area contributed by atoms with Crippen molar-refractivity contribution in [1.82, 2.24) is 15.1 Å². The molecule has 2 heterocycles. The Labute approximate surface area is 158 Å². The molecule has 0 bridgehead atoms. The summed E-state index contributed by atoms with van der Waals surface area (Å²) in [6, 6.07) is 7.48. The first kappa shape index (κ1) is 18.3. The van der Waals surface area contributed by atoms with Crippen LogP contribution in [-0.2, 0) is 0 Å². The molecule has 2 aromatic rings. The first-order valence-electron chi connectivity index (χ1n) is 8.51. The third kappa shape index (κ3) is 4.16. The number of amides is 2. The van der Waals surface area contributed by atoms with E-state index in [9.17, 15) is 4.79 Å². The van der Waals surface area contributed by atoms with E-state index < -0.39 is 0 Å². The summed E-state index contributed by atoms with van der Waals surface area (Å²) in [6.07, 6.45) is 1.76. The van der Waals surface area contributed by atoms with Crippen molar-refractivity contribution in [2.75, 3.05) is 55.4 Å². The van der Waals surface area contributed by atoms with E-state index in [1.807, 2.05) is 50.2 Å². The Kier molecular flexibility index (Phi) is 5.46. The maximum absolute atomic E-state index is 12.5. The normalized spacial score (nSPS) is 14.3. The van der Waals surface area contributed by atoms with Crippen LogP contribution in [0, 0.1) is 6.92 Å². The largest absolute Gasteiger partial charge is 0.367 e. The van der Waals surface area contributed by atoms with Gasteiger partial charge < -0.3 is 20.0 Å². The van der Waals surface area contributed by atoms with Crippen LogP contribution in [0.3, 0.4) is 0 Å². The van der Waals surface area contributed by atoms with Gasteiger partial charge in [0.05, 0.1) is 22.6 Å². The van der Waals surface area contributed by atoms with Crippen LogP contribution in [-0.4, -0.2) is 61.4 Å². The molecule has 0 atom stereocenters. The van der Waals surface area contributed by atoms with Crippen LogP contribution < -0.4 is 15.1 Å². The van der Waals surface area contributed by atoms with Gasteiger partial charge in [-0.3, -0.25) is 0 Å². The number of carbonyl (C=O) groups excluding carboxylic acids is 1. The molecule has 0 saturated carbocycles. The Bertz CT molecular complexity index is 789. The highest BCUT2D eigenvalue weighted by Crippen LogP contribution is 2.24. The lowest BCUT2D eigenvalue weighted by atomic mass is 10.2. The second-order valence-electron chi connectivity index (χ2n) is 6.55. The number of hydrogen-bond acceptors (Lipinski definition) is 5. The highest BCUT2D eigenvalue weighted by atomic mass is 35.5. The van der Waals surface area contributed by atoms with Crippen molar-refractivity contribution in [2.24, 2.45) is 0 Å². The molecular weight excluding hydrogens is 352 g/mol. The van der Waals surface area contributed by atoms with Gasteiger partial charge >= 0.3 is 6.03 Å². The number of piperazine rings is 1. The molecule has 0 aliphatic carbocycles. The highest BCUT2D eigenvalue weighted by molar-refractivity contribution is 6.33. The number of anilines is 3. The fourth-order valence-electron chi connectivity index (χ4n) is 2.82. The zero-order valence-electron chi connectivity index (χ0n) is 15.2. The van der Waals surface area contributed by atoms with Gasteiger partial charge in [0.2, 0.25) is 0 Å². The third-order valence-corrected chi connectivity index (χ3v) is 4.70. The fraction of sp³-hybridized carbons (Fsp3) is 0.389. The Morgan fingerprint density at radius 2 is 1.92 bits per heavy atom. The van der Waals surface area contributed by atoms with Crippen LogP contribution in [0.1, 0.15) is 5.56 Å². The summed E-state index contributed by atoms with van der Waals surface area (Å²) in [5, 5.41) is 11.6. The van der Waals surface area contributed by atoms with Crippen molar-refractivity contribution in [1.29, 1.82) is 0 Å².